The van der Waals surface area contributed by atoms with Crippen molar-refractivity contribution in [3.05, 3.63) is 70.2 Å². The number of primary amides is 1. The van der Waals surface area contributed by atoms with Gasteiger partial charge in [0, 0.05) is 47.1 Å². The Morgan fingerprint density at radius 3 is 2.74 bits per heavy atom. The molecule has 1 amide bonds. The fraction of sp³-hybridized carbons (Fsp3) is 0.208. The number of aromatic nitrogens is 2. The van der Waals surface area contributed by atoms with Gasteiger partial charge in [0.1, 0.15) is 5.69 Å². The van der Waals surface area contributed by atoms with Gasteiger partial charge in [0.2, 0.25) is 5.91 Å². The van der Waals surface area contributed by atoms with Crippen LogP contribution in [0.4, 0.5) is 11.5 Å². The Hall–Kier alpha value is -3.45. The molecule has 0 saturated carbocycles. The summed E-state index contributed by atoms with van der Waals surface area (Å²) in [4.78, 5) is 25.1. The van der Waals surface area contributed by atoms with Gasteiger partial charge in [-0.2, -0.15) is 0 Å². The van der Waals surface area contributed by atoms with Gasteiger partial charge in [-0.05, 0) is 18.6 Å². The number of nitrogens with one attached hydrogen (secondary N) is 1. The van der Waals surface area contributed by atoms with Crippen molar-refractivity contribution in [1.82, 2.24) is 9.97 Å². The van der Waals surface area contributed by atoms with Crippen LogP contribution in [0.2, 0.25) is 0 Å². The van der Waals surface area contributed by atoms with E-state index >= 15 is 0 Å². The largest absolute Gasteiger partial charge is 0.370 e. The van der Waals surface area contributed by atoms with E-state index in [9.17, 15) is 4.79 Å². The lowest BCUT2D eigenvalue weighted by Gasteiger charge is -2.18. The molecule has 0 unspecified atom stereocenters. The summed E-state index contributed by atoms with van der Waals surface area (Å²) in [6, 6.07) is 15.9. The third-order valence-corrected chi connectivity index (χ3v) is 6.86. The van der Waals surface area contributed by atoms with E-state index < -0.39 is 5.91 Å². The number of benzene rings is 2. The van der Waals surface area contributed by atoms with E-state index in [2.05, 4.69) is 29.4 Å². The monoisotopic (exact) mass is 429 g/mol. The molecular weight excluding hydrogens is 406 g/mol. The third-order valence-electron chi connectivity index (χ3n) is 5.71. The maximum atomic E-state index is 11.9. The first-order valence-corrected chi connectivity index (χ1v) is 11.1. The Bertz CT molecular complexity index is 1300. The molecule has 0 bridgehead atoms. The molecule has 2 aromatic carbocycles. The van der Waals surface area contributed by atoms with Crippen molar-refractivity contribution in [2.75, 3.05) is 23.8 Å². The van der Waals surface area contributed by atoms with Crippen molar-refractivity contribution in [2.24, 2.45) is 5.73 Å². The summed E-state index contributed by atoms with van der Waals surface area (Å²) in [5, 5.41) is 4.50. The quantitative estimate of drug-likeness (QED) is 0.492. The number of nitrogens with two attached hydrogens (primary N) is 1. The maximum absolute atomic E-state index is 11.9. The number of aryl methyl sites for hydroxylation is 1. The molecule has 0 atom stereocenters. The second-order valence-electron chi connectivity index (χ2n) is 7.78. The van der Waals surface area contributed by atoms with Crippen LogP contribution in [0.1, 0.15) is 26.5 Å². The molecule has 3 heterocycles. The van der Waals surface area contributed by atoms with E-state index in [-0.39, 0.29) is 0 Å². The van der Waals surface area contributed by atoms with E-state index in [0.717, 1.165) is 50.7 Å². The standard InChI is InChI=1S/C24H23N5OS/c1-14-19(16-9-6-10-17(22(25)30)21(16)31-14)23-27-18-11-12-29(2)20(18)24(28-23)26-13-15-7-4-3-5-8-15/h3-10H,11-13H2,1-2H3,(H2,25,30)(H,26,27,28). The molecule has 156 valence electrons. The molecular formula is C24H23N5OS. The highest BCUT2D eigenvalue weighted by atomic mass is 32.1. The number of anilines is 2. The van der Waals surface area contributed by atoms with Crippen LogP contribution in [0, 0.1) is 6.92 Å². The Balaban J connectivity index is 1.63. The van der Waals surface area contributed by atoms with Gasteiger partial charge in [-0.25, -0.2) is 9.97 Å². The fourth-order valence-corrected chi connectivity index (χ4v) is 5.36. The normalized spacial score (nSPS) is 12.9. The Labute approximate surface area is 184 Å². The number of hydrogen-bond acceptors (Lipinski definition) is 6. The Kier molecular flexibility index (Phi) is 4.82. The number of amides is 1. The number of hydrogen-bond donors (Lipinski definition) is 2. The number of nitrogens with zero attached hydrogens (tertiary/aromatic N) is 3. The van der Waals surface area contributed by atoms with Gasteiger partial charge < -0.3 is 16.0 Å². The van der Waals surface area contributed by atoms with Crippen molar-refractivity contribution < 1.29 is 4.79 Å². The molecule has 0 spiro atoms. The predicted octanol–water partition coefficient (Wildman–Crippen LogP) is 4.37. The third kappa shape index (κ3) is 3.41. The van der Waals surface area contributed by atoms with E-state index in [1.54, 1.807) is 17.4 Å². The van der Waals surface area contributed by atoms with Crippen LogP contribution >= 0.6 is 11.3 Å². The minimum absolute atomic E-state index is 0.417. The lowest BCUT2D eigenvalue weighted by atomic mass is 10.1. The number of carbonyl (C=O) groups excluding carboxylic acids is 1. The first-order chi connectivity index (χ1) is 15.0. The summed E-state index contributed by atoms with van der Waals surface area (Å²) in [6.45, 7) is 3.65. The minimum atomic E-state index is -0.417. The molecule has 7 heteroatoms. The smallest absolute Gasteiger partial charge is 0.250 e. The predicted molar refractivity (Wildman–Crippen MR) is 127 cm³/mol. The molecule has 3 N–H and O–H groups in total. The Morgan fingerprint density at radius 1 is 1.16 bits per heavy atom. The van der Waals surface area contributed by atoms with Crippen LogP contribution < -0.4 is 16.0 Å². The number of thiophene rings is 1. The molecule has 0 fully saturated rings. The van der Waals surface area contributed by atoms with E-state index in [1.165, 1.54) is 5.56 Å². The zero-order valence-electron chi connectivity index (χ0n) is 17.5. The van der Waals surface area contributed by atoms with Gasteiger partial charge in [-0.15, -0.1) is 11.3 Å². The Morgan fingerprint density at radius 2 is 1.97 bits per heavy atom. The fourth-order valence-electron chi connectivity index (χ4n) is 4.19. The topological polar surface area (TPSA) is 84.1 Å². The van der Waals surface area contributed by atoms with Gasteiger partial charge in [-0.1, -0.05) is 42.5 Å². The molecule has 1 aliphatic rings. The highest BCUT2D eigenvalue weighted by Crippen LogP contribution is 2.41. The van der Waals surface area contributed by atoms with Crippen LogP contribution in [0.15, 0.2) is 48.5 Å². The van der Waals surface area contributed by atoms with Gasteiger partial charge in [0.05, 0.1) is 11.3 Å². The number of likely N-dealkylation sites (N-methyl/N-ethyl adjacent to an activating group) is 1. The second-order valence-corrected chi connectivity index (χ2v) is 9.01. The first-order valence-electron chi connectivity index (χ1n) is 10.2. The van der Waals surface area contributed by atoms with Gasteiger partial charge in [0.25, 0.3) is 0 Å². The van der Waals surface area contributed by atoms with Gasteiger partial charge >= 0.3 is 0 Å². The van der Waals surface area contributed by atoms with Crippen molar-refractivity contribution in [2.45, 2.75) is 19.9 Å². The molecule has 6 nitrogen and oxygen atoms in total. The van der Waals surface area contributed by atoms with Crippen molar-refractivity contribution in [1.29, 1.82) is 0 Å². The number of carbonyl (C=O) groups is 1. The molecule has 0 aliphatic carbocycles. The molecule has 31 heavy (non-hydrogen) atoms. The summed E-state index contributed by atoms with van der Waals surface area (Å²) in [6.07, 6.45) is 0.884. The van der Waals surface area contributed by atoms with Gasteiger partial charge in [0.15, 0.2) is 11.6 Å². The highest BCUT2D eigenvalue weighted by molar-refractivity contribution is 7.20. The molecule has 5 rings (SSSR count). The summed E-state index contributed by atoms with van der Waals surface area (Å²) in [5.41, 5.74) is 10.4. The summed E-state index contributed by atoms with van der Waals surface area (Å²) >= 11 is 1.57. The molecule has 4 aromatic rings. The molecule has 1 aliphatic heterocycles. The average molecular weight is 430 g/mol. The number of fused-ring (bicyclic) bond motifs is 2. The van der Waals surface area contributed by atoms with Crippen molar-refractivity contribution in [3.8, 4) is 11.4 Å². The van der Waals surface area contributed by atoms with Crippen LogP contribution in [0.25, 0.3) is 21.5 Å². The summed E-state index contributed by atoms with van der Waals surface area (Å²) < 4.78 is 0.891. The zero-order chi connectivity index (χ0) is 21.5. The van der Waals surface area contributed by atoms with E-state index in [0.29, 0.717) is 17.9 Å². The van der Waals surface area contributed by atoms with E-state index in [1.807, 2.05) is 37.3 Å². The average Bonchev–Trinajstić information content (AvgIpc) is 3.31. The summed E-state index contributed by atoms with van der Waals surface area (Å²) in [7, 11) is 2.08. The minimum Gasteiger partial charge on any atom is -0.370 e. The number of rotatable bonds is 5. The maximum Gasteiger partial charge on any atom is 0.250 e. The zero-order valence-corrected chi connectivity index (χ0v) is 18.3. The molecule has 0 saturated heterocycles. The SMILES string of the molecule is Cc1sc2c(C(N)=O)cccc2c1-c1nc2c(c(NCc3ccccc3)n1)N(C)CC2. The van der Waals surface area contributed by atoms with Crippen molar-refractivity contribution >= 4 is 38.8 Å². The van der Waals surface area contributed by atoms with E-state index in [4.69, 9.17) is 15.7 Å². The molecule has 0 radical (unpaired) electrons. The van der Waals surface area contributed by atoms with Crippen LogP contribution in [-0.4, -0.2) is 29.5 Å². The van der Waals surface area contributed by atoms with Crippen LogP contribution in [0.3, 0.4) is 0 Å². The van der Waals surface area contributed by atoms with Crippen molar-refractivity contribution in [3.63, 3.8) is 0 Å². The summed E-state index contributed by atoms with van der Waals surface area (Å²) in [5.74, 6) is 1.11. The van der Waals surface area contributed by atoms with Crippen LogP contribution in [-0.2, 0) is 13.0 Å². The second kappa shape index (κ2) is 7.67. The lowest BCUT2D eigenvalue weighted by molar-refractivity contribution is 0.100. The molecule has 2 aromatic heterocycles. The lowest BCUT2D eigenvalue weighted by Crippen LogP contribution is -2.15. The van der Waals surface area contributed by atoms with Crippen LogP contribution in [0.5, 0.6) is 0 Å². The highest BCUT2D eigenvalue weighted by Gasteiger charge is 2.26. The van der Waals surface area contributed by atoms with Gasteiger partial charge in [-0.3, -0.25) is 4.79 Å². The first kappa shape index (κ1) is 19.5.